The molecule has 0 N–H and O–H groups in total. The zero-order valence-corrected chi connectivity index (χ0v) is 18.1. The number of benzene rings is 3. The monoisotopic (exact) mass is 460 g/mol. The Morgan fingerprint density at radius 3 is 2.18 bits per heavy atom. The molecule has 4 rings (SSSR count). The minimum absolute atomic E-state index is 0.0602. The molecule has 33 heavy (non-hydrogen) atoms. The quantitative estimate of drug-likeness (QED) is 0.160. The van der Waals surface area contributed by atoms with Crippen LogP contribution in [0.4, 0.5) is 26.3 Å². The van der Waals surface area contributed by atoms with Gasteiger partial charge in [-0.25, -0.2) is 26.3 Å². The van der Waals surface area contributed by atoms with Crippen LogP contribution in [0.1, 0.15) is 68.1 Å². The molecule has 0 amide bonds. The zero-order valence-electron chi connectivity index (χ0n) is 18.1. The van der Waals surface area contributed by atoms with Gasteiger partial charge in [-0.1, -0.05) is 37.7 Å². The third kappa shape index (κ3) is 4.59. The van der Waals surface area contributed by atoms with Crippen LogP contribution in [0.5, 0.6) is 0 Å². The van der Waals surface area contributed by atoms with Gasteiger partial charge < -0.3 is 0 Å². The Morgan fingerprint density at radius 1 is 0.758 bits per heavy atom. The standard InChI is InChI=1S/C27H22F6/c1-2-3-15-4-8-17(9-5-15)23-21(28)13-18(24(30)27(23)33)10-6-16-7-11-20-19(12-16)14-22(29)26(32)25(20)31/h7,11-15,17H,2-5,8-9H2,1H3. The van der Waals surface area contributed by atoms with Gasteiger partial charge in [0.1, 0.15) is 5.82 Å². The average molecular weight is 460 g/mol. The highest BCUT2D eigenvalue weighted by atomic mass is 19.2. The Balaban J connectivity index is 1.62. The Morgan fingerprint density at radius 2 is 1.48 bits per heavy atom. The lowest BCUT2D eigenvalue weighted by molar-refractivity contribution is 0.298. The summed E-state index contributed by atoms with van der Waals surface area (Å²) in [4.78, 5) is 0. The predicted molar refractivity (Wildman–Crippen MR) is 116 cm³/mol. The maximum atomic E-state index is 14.8. The second-order valence-electron chi connectivity index (χ2n) is 8.63. The van der Waals surface area contributed by atoms with E-state index in [2.05, 4.69) is 18.8 Å². The lowest BCUT2D eigenvalue weighted by Crippen LogP contribution is -2.16. The molecule has 0 saturated heterocycles. The second-order valence-corrected chi connectivity index (χ2v) is 8.63. The molecule has 0 heterocycles. The van der Waals surface area contributed by atoms with Crippen molar-refractivity contribution in [3.8, 4) is 11.8 Å². The van der Waals surface area contributed by atoms with E-state index in [1.54, 1.807) is 0 Å². The Kier molecular flexibility index (Phi) is 6.69. The van der Waals surface area contributed by atoms with Gasteiger partial charge in [0.2, 0.25) is 0 Å². The van der Waals surface area contributed by atoms with Gasteiger partial charge in [0.05, 0.1) is 5.56 Å². The summed E-state index contributed by atoms with van der Waals surface area (Å²) >= 11 is 0. The summed E-state index contributed by atoms with van der Waals surface area (Å²) in [6.45, 7) is 2.11. The van der Waals surface area contributed by atoms with Gasteiger partial charge in [0, 0.05) is 16.5 Å². The van der Waals surface area contributed by atoms with E-state index in [-0.39, 0.29) is 27.8 Å². The highest BCUT2D eigenvalue weighted by molar-refractivity contribution is 5.84. The predicted octanol–water partition coefficient (Wildman–Crippen LogP) is 8.15. The first kappa shape index (κ1) is 23.2. The van der Waals surface area contributed by atoms with Crippen molar-refractivity contribution < 1.29 is 26.3 Å². The molecule has 3 aromatic rings. The van der Waals surface area contributed by atoms with Crippen molar-refractivity contribution in [3.63, 3.8) is 0 Å². The van der Waals surface area contributed by atoms with Crippen molar-refractivity contribution in [2.75, 3.05) is 0 Å². The van der Waals surface area contributed by atoms with E-state index in [1.165, 1.54) is 18.2 Å². The molecule has 0 atom stereocenters. The minimum Gasteiger partial charge on any atom is -0.207 e. The van der Waals surface area contributed by atoms with E-state index in [0.717, 1.165) is 37.8 Å². The third-order valence-corrected chi connectivity index (χ3v) is 6.46. The van der Waals surface area contributed by atoms with Crippen molar-refractivity contribution >= 4 is 10.8 Å². The van der Waals surface area contributed by atoms with Gasteiger partial charge in [-0.15, -0.1) is 0 Å². The Hall–Kier alpha value is -2.94. The molecule has 0 spiro atoms. The van der Waals surface area contributed by atoms with Crippen LogP contribution in [-0.4, -0.2) is 0 Å². The van der Waals surface area contributed by atoms with E-state index in [0.29, 0.717) is 18.8 Å². The minimum atomic E-state index is -1.58. The highest BCUT2D eigenvalue weighted by Crippen LogP contribution is 2.40. The molecular formula is C27H22F6. The smallest absolute Gasteiger partial charge is 0.195 e. The number of hydrogen-bond donors (Lipinski definition) is 0. The van der Waals surface area contributed by atoms with Gasteiger partial charge >= 0.3 is 0 Å². The summed E-state index contributed by atoms with van der Waals surface area (Å²) in [7, 11) is 0. The maximum Gasteiger partial charge on any atom is 0.195 e. The fraction of sp³-hybridized carbons (Fsp3) is 0.333. The summed E-state index contributed by atoms with van der Waals surface area (Å²) < 4.78 is 85.0. The molecule has 0 radical (unpaired) electrons. The molecule has 1 saturated carbocycles. The van der Waals surface area contributed by atoms with Crippen molar-refractivity contribution in [1.82, 2.24) is 0 Å². The van der Waals surface area contributed by atoms with Crippen molar-refractivity contribution in [2.24, 2.45) is 5.92 Å². The fourth-order valence-electron chi connectivity index (χ4n) is 4.74. The van der Waals surface area contributed by atoms with Crippen LogP contribution >= 0.6 is 0 Å². The fourth-order valence-corrected chi connectivity index (χ4v) is 4.74. The van der Waals surface area contributed by atoms with Gasteiger partial charge in [-0.3, -0.25) is 0 Å². The van der Waals surface area contributed by atoms with Gasteiger partial charge in [-0.05, 0) is 67.2 Å². The first-order valence-corrected chi connectivity index (χ1v) is 11.1. The van der Waals surface area contributed by atoms with Crippen LogP contribution in [-0.2, 0) is 0 Å². The van der Waals surface area contributed by atoms with Crippen molar-refractivity contribution in [2.45, 2.75) is 51.4 Å². The van der Waals surface area contributed by atoms with Gasteiger partial charge in [0.15, 0.2) is 29.1 Å². The Labute approximate surface area is 188 Å². The van der Waals surface area contributed by atoms with Crippen LogP contribution in [0.3, 0.4) is 0 Å². The summed E-state index contributed by atoms with van der Waals surface area (Å²) in [5, 5.41) is -0.0780. The second kappa shape index (κ2) is 9.51. The van der Waals surface area contributed by atoms with Crippen LogP contribution in [0, 0.1) is 52.7 Å². The van der Waals surface area contributed by atoms with Gasteiger partial charge in [-0.2, -0.15) is 0 Å². The van der Waals surface area contributed by atoms with E-state index in [4.69, 9.17) is 0 Å². The van der Waals surface area contributed by atoms with Crippen LogP contribution in [0.2, 0.25) is 0 Å². The van der Waals surface area contributed by atoms with Crippen molar-refractivity contribution in [3.05, 3.63) is 81.9 Å². The van der Waals surface area contributed by atoms with Crippen molar-refractivity contribution in [1.29, 1.82) is 0 Å². The molecule has 0 nitrogen and oxygen atoms in total. The molecule has 0 aliphatic heterocycles. The van der Waals surface area contributed by atoms with E-state index >= 15 is 0 Å². The summed E-state index contributed by atoms with van der Waals surface area (Å²) in [5.74, 6) is -2.34. The average Bonchev–Trinajstić information content (AvgIpc) is 2.80. The van der Waals surface area contributed by atoms with Crippen LogP contribution < -0.4 is 0 Å². The Bertz CT molecular complexity index is 1260. The summed E-state index contributed by atoms with van der Waals surface area (Å²) in [6, 6.07) is 5.56. The molecule has 172 valence electrons. The highest BCUT2D eigenvalue weighted by Gasteiger charge is 2.29. The topological polar surface area (TPSA) is 0 Å². The van der Waals surface area contributed by atoms with Crippen LogP contribution in [0.15, 0.2) is 30.3 Å². The molecule has 1 aliphatic rings. The molecule has 1 fully saturated rings. The number of rotatable bonds is 3. The van der Waals surface area contributed by atoms with E-state index in [1.807, 2.05) is 0 Å². The zero-order chi connectivity index (χ0) is 23.7. The molecule has 0 unspecified atom stereocenters. The van der Waals surface area contributed by atoms with Crippen LogP contribution in [0.25, 0.3) is 10.8 Å². The third-order valence-electron chi connectivity index (χ3n) is 6.46. The normalized spacial score (nSPS) is 18.3. The van der Waals surface area contributed by atoms with E-state index < -0.39 is 40.5 Å². The maximum absolute atomic E-state index is 14.8. The molecule has 3 aromatic carbocycles. The lowest BCUT2D eigenvalue weighted by Gasteiger charge is -2.29. The summed E-state index contributed by atoms with van der Waals surface area (Å²) in [5.41, 5.74) is -0.428. The molecule has 6 heteroatoms. The number of hydrogen-bond acceptors (Lipinski definition) is 0. The lowest BCUT2D eigenvalue weighted by atomic mass is 9.77. The van der Waals surface area contributed by atoms with Gasteiger partial charge in [0.25, 0.3) is 0 Å². The molecule has 0 bridgehead atoms. The first-order valence-electron chi connectivity index (χ1n) is 11.1. The summed E-state index contributed by atoms with van der Waals surface area (Å²) in [6.07, 6.45) is 5.13. The van der Waals surface area contributed by atoms with E-state index in [9.17, 15) is 26.3 Å². The number of halogens is 6. The number of fused-ring (bicyclic) bond motifs is 1. The molecular weight excluding hydrogens is 438 g/mol. The first-order chi connectivity index (χ1) is 15.8. The SMILES string of the molecule is CCCC1CCC(c2c(F)cc(C#Cc3ccc4c(F)c(F)c(F)cc4c3)c(F)c2F)CC1. The molecule has 1 aliphatic carbocycles. The largest absolute Gasteiger partial charge is 0.207 e. The molecule has 0 aromatic heterocycles.